The van der Waals surface area contributed by atoms with Gasteiger partial charge in [0.25, 0.3) is 0 Å². The summed E-state index contributed by atoms with van der Waals surface area (Å²) in [5.74, 6) is 2.66. The maximum Gasteiger partial charge on any atom is 0.203 e. The van der Waals surface area contributed by atoms with Crippen molar-refractivity contribution in [2.75, 3.05) is 12.3 Å². The molecule has 0 saturated heterocycles. The summed E-state index contributed by atoms with van der Waals surface area (Å²) in [6.07, 6.45) is 1.18. The largest absolute Gasteiger partial charge is 0.494 e. The molecule has 0 unspecified atom stereocenters. The number of thioether (sulfide) groups is 1. The summed E-state index contributed by atoms with van der Waals surface area (Å²) in [6, 6.07) is 4.19. The van der Waals surface area contributed by atoms with Crippen molar-refractivity contribution >= 4 is 28.2 Å². The topological polar surface area (TPSA) is 70.3 Å². The lowest BCUT2D eigenvalue weighted by atomic mass is 10.1. The van der Waals surface area contributed by atoms with Crippen molar-refractivity contribution in [3.8, 4) is 11.5 Å². The van der Waals surface area contributed by atoms with Crippen molar-refractivity contribution in [2.24, 2.45) is 0 Å². The highest BCUT2D eigenvalue weighted by Gasteiger charge is 2.22. The number of nitrogens with zero attached hydrogens (tertiary/aromatic N) is 2. The first-order valence-corrected chi connectivity index (χ1v) is 8.63. The number of ether oxygens (including phenoxy) is 2. The van der Waals surface area contributed by atoms with E-state index in [2.05, 4.69) is 29.3 Å². The van der Waals surface area contributed by atoms with Crippen LogP contribution in [0, 0.1) is 0 Å². The Morgan fingerprint density at radius 1 is 1.48 bits per heavy atom. The Balaban J connectivity index is 1.81. The van der Waals surface area contributed by atoms with Crippen LogP contribution in [0.25, 0.3) is 0 Å². The number of rotatable bonds is 5. The normalized spacial score (nSPS) is 16.6. The third-order valence-corrected chi connectivity index (χ3v) is 5.09. The molecule has 0 bridgehead atoms. The maximum atomic E-state index is 5.83. The van der Waals surface area contributed by atoms with E-state index in [0.29, 0.717) is 11.7 Å². The molecule has 1 aliphatic rings. The first kappa shape index (κ1) is 14.5. The van der Waals surface area contributed by atoms with E-state index in [9.17, 15) is 0 Å². The minimum atomic E-state index is 0.236. The summed E-state index contributed by atoms with van der Waals surface area (Å²) in [5, 5.41) is 8.34. The molecule has 0 saturated carbocycles. The van der Waals surface area contributed by atoms with Gasteiger partial charge >= 0.3 is 0 Å². The standard InChI is InChI=1S/C14H17N3O2S2/c1-3-18-11-5-9-4-8(2)19-12(9)6-10(11)7-20-14-17-16-13(15)21-14/h5-6,8H,3-4,7H2,1-2H3,(H2,15,16)/t8-/m0/s1. The molecular formula is C14H17N3O2S2. The zero-order valence-corrected chi connectivity index (χ0v) is 13.6. The van der Waals surface area contributed by atoms with Gasteiger partial charge in [-0.1, -0.05) is 23.1 Å². The van der Waals surface area contributed by atoms with E-state index in [1.165, 1.54) is 16.9 Å². The number of anilines is 1. The molecule has 1 aliphatic heterocycles. The minimum absolute atomic E-state index is 0.236. The molecule has 0 fully saturated rings. The van der Waals surface area contributed by atoms with Crippen LogP contribution in [0.4, 0.5) is 5.13 Å². The zero-order valence-electron chi connectivity index (χ0n) is 12.0. The molecule has 7 heteroatoms. The molecule has 0 radical (unpaired) electrons. The van der Waals surface area contributed by atoms with Crippen molar-refractivity contribution in [1.29, 1.82) is 0 Å². The van der Waals surface area contributed by atoms with Crippen molar-refractivity contribution in [3.05, 3.63) is 23.3 Å². The second kappa shape index (κ2) is 6.11. The van der Waals surface area contributed by atoms with E-state index in [1.54, 1.807) is 11.8 Å². The van der Waals surface area contributed by atoms with E-state index < -0.39 is 0 Å². The van der Waals surface area contributed by atoms with Gasteiger partial charge in [0.05, 0.1) is 6.61 Å². The van der Waals surface area contributed by atoms with E-state index >= 15 is 0 Å². The van der Waals surface area contributed by atoms with Gasteiger partial charge in [-0.25, -0.2) is 0 Å². The number of fused-ring (bicyclic) bond motifs is 1. The summed E-state index contributed by atoms with van der Waals surface area (Å²) >= 11 is 3.01. The second-order valence-electron chi connectivity index (χ2n) is 4.83. The van der Waals surface area contributed by atoms with Crippen LogP contribution in [0.15, 0.2) is 16.5 Å². The number of aromatic nitrogens is 2. The van der Waals surface area contributed by atoms with Crippen LogP contribution < -0.4 is 15.2 Å². The van der Waals surface area contributed by atoms with Crippen molar-refractivity contribution < 1.29 is 9.47 Å². The summed E-state index contributed by atoms with van der Waals surface area (Å²) in [4.78, 5) is 0. The van der Waals surface area contributed by atoms with E-state index in [0.717, 1.165) is 33.6 Å². The smallest absolute Gasteiger partial charge is 0.203 e. The van der Waals surface area contributed by atoms with Crippen molar-refractivity contribution in [2.45, 2.75) is 36.5 Å². The quantitative estimate of drug-likeness (QED) is 0.853. The van der Waals surface area contributed by atoms with Gasteiger partial charge in [-0.3, -0.25) is 0 Å². The lowest BCUT2D eigenvalue weighted by molar-refractivity contribution is 0.254. The predicted octanol–water partition coefficient (Wildman–Crippen LogP) is 3.13. The van der Waals surface area contributed by atoms with Crippen LogP contribution in [0.5, 0.6) is 11.5 Å². The number of benzene rings is 1. The second-order valence-corrected chi connectivity index (χ2v) is 7.06. The van der Waals surface area contributed by atoms with Crippen LogP contribution >= 0.6 is 23.1 Å². The number of nitrogen functional groups attached to an aromatic ring is 1. The summed E-state index contributed by atoms with van der Waals surface area (Å²) in [5.41, 5.74) is 7.94. The Kier molecular flexibility index (Phi) is 4.21. The van der Waals surface area contributed by atoms with Crippen LogP contribution in [0.3, 0.4) is 0 Å². The Labute approximate surface area is 131 Å². The highest BCUT2D eigenvalue weighted by Crippen LogP contribution is 2.38. The molecule has 1 aromatic heterocycles. The van der Waals surface area contributed by atoms with Gasteiger partial charge in [-0.05, 0) is 26.0 Å². The average Bonchev–Trinajstić information content (AvgIpc) is 3.01. The highest BCUT2D eigenvalue weighted by molar-refractivity contribution is 8.00. The third-order valence-electron chi connectivity index (χ3n) is 3.15. The molecule has 3 rings (SSSR count). The zero-order chi connectivity index (χ0) is 14.8. The van der Waals surface area contributed by atoms with Crippen LogP contribution in [-0.4, -0.2) is 22.9 Å². The molecule has 0 amide bonds. The Morgan fingerprint density at radius 3 is 3.05 bits per heavy atom. The molecule has 1 aromatic carbocycles. The van der Waals surface area contributed by atoms with E-state index in [1.807, 2.05) is 6.92 Å². The number of nitrogens with two attached hydrogens (primary N) is 1. The Morgan fingerprint density at radius 2 is 2.33 bits per heavy atom. The first-order chi connectivity index (χ1) is 10.2. The molecule has 5 nitrogen and oxygen atoms in total. The fourth-order valence-corrected chi connectivity index (χ4v) is 3.92. The molecule has 1 atom stereocenters. The molecule has 2 N–H and O–H groups in total. The summed E-state index contributed by atoms with van der Waals surface area (Å²) in [6.45, 7) is 4.73. The van der Waals surface area contributed by atoms with Gasteiger partial charge in [0.1, 0.15) is 17.6 Å². The fourth-order valence-electron chi connectivity index (χ4n) is 2.30. The molecule has 0 aliphatic carbocycles. The lowest BCUT2D eigenvalue weighted by Gasteiger charge is -2.11. The minimum Gasteiger partial charge on any atom is -0.494 e. The summed E-state index contributed by atoms with van der Waals surface area (Å²) in [7, 11) is 0. The van der Waals surface area contributed by atoms with E-state index in [4.69, 9.17) is 15.2 Å². The monoisotopic (exact) mass is 323 g/mol. The molecule has 2 heterocycles. The molecule has 112 valence electrons. The molecular weight excluding hydrogens is 306 g/mol. The van der Waals surface area contributed by atoms with Gasteiger partial charge < -0.3 is 15.2 Å². The van der Waals surface area contributed by atoms with Gasteiger partial charge in [0.15, 0.2) is 4.34 Å². The first-order valence-electron chi connectivity index (χ1n) is 6.82. The molecule has 2 aromatic rings. The Bertz CT molecular complexity index is 645. The van der Waals surface area contributed by atoms with Crippen LogP contribution in [0.2, 0.25) is 0 Å². The molecule has 0 spiro atoms. The fraction of sp³-hybridized carbons (Fsp3) is 0.429. The SMILES string of the molecule is CCOc1cc2c(cc1CSc1nnc(N)s1)O[C@@H](C)C2. The summed E-state index contributed by atoms with van der Waals surface area (Å²) < 4.78 is 12.5. The number of hydrogen-bond acceptors (Lipinski definition) is 7. The van der Waals surface area contributed by atoms with Gasteiger partial charge in [-0.15, -0.1) is 10.2 Å². The third kappa shape index (κ3) is 3.24. The van der Waals surface area contributed by atoms with Crippen molar-refractivity contribution in [1.82, 2.24) is 10.2 Å². The van der Waals surface area contributed by atoms with Crippen LogP contribution in [-0.2, 0) is 12.2 Å². The van der Waals surface area contributed by atoms with Gasteiger partial charge in [0.2, 0.25) is 5.13 Å². The van der Waals surface area contributed by atoms with Gasteiger partial charge in [-0.2, -0.15) is 0 Å². The lowest BCUT2D eigenvalue weighted by Crippen LogP contribution is -2.05. The molecule has 21 heavy (non-hydrogen) atoms. The Hall–Kier alpha value is -1.47. The van der Waals surface area contributed by atoms with Crippen LogP contribution in [0.1, 0.15) is 25.0 Å². The maximum absolute atomic E-state index is 5.83. The van der Waals surface area contributed by atoms with Gasteiger partial charge in [0, 0.05) is 23.3 Å². The van der Waals surface area contributed by atoms with E-state index in [-0.39, 0.29) is 6.10 Å². The highest BCUT2D eigenvalue weighted by atomic mass is 32.2. The van der Waals surface area contributed by atoms with Crippen molar-refractivity contribution in [3.63, 3.8) is 0 Å². The average molecular weight is 323 g/mol. The number of hydrogen-bond donors (Lipinski definition) is 1. The predicted molar refractivity (Wildman–Crippen MR) is 85.3 cm³/mol.